The predicted octanol–water partition coefficient (Wildman–Crippen LogP) is 3.34. The van der Waals surface area contributed by atoms with Crippen LogP contribution in [-0.4, -0.2) is 23.5 Å². The number of hydrogen-bond acceptors (Lipinski definition) is 2. The summed E-state index contributed by atoms with van der Waals surface area (Å²) in [4.78, 5) is 2.63. The third-order valence-electron chi connectivity index (χ3n) is 4.01. The molecule has 0 aliphatic heterocycles. The molecule has 1 aromatic carbocycles. The van der Waals surface area contributed by atoms with Crippen LogP contribution >= 0.6 is 0 Å². The molecule has 0 bridgehead atoms. The van der Waals surface area contributed by atoms with Gasteiger partial charge in [-0.05, 0) is 38.3 Å². The first-order valence-corrected chi connectivity index (χ1v) is 7.30. The number of nitrogens with two attached hydrogens (primary N) is 1. The van der Waals surface area contributed by atoms with Gasteiger partial charge in [0, 0.05) is 18.1 Å². The van der Waals surface area contributed by atoms with Crippen LogP contribution in [-0.2, 0) is 0 Å². The average Bonchev–Trinajstić information content (AvgIpc) is 3.24. The molecule has 1 fully saturated rings. The van der Waals surface area contributed by atoms with E-state index in [1.165, 1.54) is 37.8 Å². The van der Waals surface area contributed by atoms with Crippen molar-refractivity contribution < 1.29 is 0 Å². The van der Waals surface area contributed by atoms with E-state index in [-0.39, 0.29) is 6.04 Å². The highest BCUT2D eigenvalue weighted by molar-refractivity contribution is 5.20. The maximum atomic E-state index is 6.44. The molecule has 2 rings (SSSR count). The molecule has 18 heavy (non-hydrogen) atoms. The number of nitrogens with zero attached hydrogens (tertiary/aromatic N) is 1. The van der Waals surface area contributed by atoms with Crippen molar-refractivity contribution in [2.24, 2.45) is 5.73 Å². The van der Waals surface area contributed by atoms with Crippen LogP contribution in [0.25, 0.3) is 0 Å². The molecule has 2 unspecified atom stereocenters. The van der Waals surface area contributed by atoms with Gasteiger partial charge in [-0.2, -0.15) is 0 Å². The lowest BCUT2D eigenvalue weighted by Gasteiger charge is -2.33. The van der Waals surface area contributed by atoms with Crippen molar-refractivity contribution in [2.75, 3.05) is 6.54 Å². The summed E-state index contributed by atoms with van der Waals surface area (Å²) in [5.74, 6) is 0. The second kappa shape index (κ2) is 6.35. The zero-order valence-electron chi connectivity index (χ0n) is 11.7. The Bertz CT molecular complexity index is 345. The molecule has 100 valence electrons. The zero-order chi connectivity index (χ0) is 13.0. The second-order valence-corrected chi connectivity index (χ2v) is 5.50. The van der Waals surface area contributed by atoms with E-state index in [1.54, 1.807) is 0 Å². The highest BCUT2D eigenvalue weighted by atomic mass is 15.2. The molecule has 0 spiro atoms. The molecule has 2 atom stereocenters. The van der Waals surface area contributed by atoms with Crippen molar-refractivity contribution in [3.63, 3.8) is 0 Å². The topological polar surface area (TPSA) is 29.3 Å². The van der Waals surface area contributed by atoms with Crippen LogP contribution in [0.1, 0.15) is 51.1 Å². The SMILES string of the molecule is CCCCN(C1CC1)C(C)C(N)c1ccccc1. The quantitative estimate of drug-likeness (QED) is 0.799. The van der Waals surface area contributed by atoms with Crippen molar-refractivity contribution >= 4 is 0 Å². The van der Waals surface area contributed by atoms with Crippen molar-refractivity contribution in [1.82, 2.24) is 4.90 Å². The Morgan fingerprint density at radius 2 is 1.94 bits per heavy atom. The molecule has 2 heteroatoms. The van der Waals surface area contributed by atoms with Gasteiger partial charge in [-0.25, -0.2) is 0 Å². The maximum absolute atomic E-state index is 6.44. The van der Waals surface area contributed by atoms with Gasteiger partial charge in [-0.1, -0.05) is 43.7 Å². The monoisotopic (exact) mass is 246 g/mol. The Labute approximate surface area is 111 Å². The first-order chi connectivity index (χ1) is 8.74. The van der Waals surface area contributed by atoms with Crippen LogP contribution in [0.2, 0.25) is 0 Å². The Morgan fingerprint density at radius 3 is 2.50 bits per heavy atom. The molecular formula is C16H26N2. The van der Waals surface area contributed by atoms with Gasteiger partial charge in [-0.3, -0.25) is 4.90 Å². The number of hydrogen-bond donors (Lipinski definition) is 1. The molecule has 0 heterocycles. The molecule has 0 aromatic heterocycles. The van der Waals surface area contributed by atoms with Gasteiger partial charge in [0.1, 0.15) is 0 Å². The number of benzene rings is 1. The van der Waals surface area contributed by atoms with Gasteiger partial charge in [0.2, 0.25) is 0 Å². The van der Waals surface area contributed by atoms with Gasteiger partial charge in [0.25, 0.3) is 0 Å². The molecule has 1 saturated carbocycles. The van der Waals surface area contributed by atoms with Crippen LogP contribution in [0.4, 0.5) is 0 Å². The van der Waals surface area contributed by atoms with Crippen LogP contribution in [0, 0.1) is 0 Å². The molecule has 0 radical (unpaired) electrons. The fourth-order valence-corrected chi connectivity index (χ4v) is 2.63. The molecule has 0 saturated heterocycles. The van der Waals surface area contributed by atoms with Crippen LogP contribution in [0.15, 0.2) is 30.3 Å². The van der Waals surface area contributed by atoms with E-state index in [2.05, 4.69) is 49.1 Å². The first kappa shape index (κ1) is 13.6. The summed E-state index contributed by atoms with van der Waals surface area (Å²) in [5, 5.41) is 0. The zero-order valence-corrected chi connectivity index (χ0v) is 11.7. The second-order valence-electron chi connectivity index (χ2n) is 5.50. The van der Waals surface area contributed by atoms with E-state index >= 15 is 0 Å². The third kappa shape index (κ3) is 3.33. The minimum Gasteiger partial charge on any atom is -0.323 e. The smallest absolute Gasteiger partial charge is 0.0450 e. The largest absolute Gasteiger partial charge is 0.323 e. The van der Waals surface area contributed by atoms with Gasteiger partial charge < -0.3 is 5.73 Å². The van der Waals surface area contributed by atoms with Gasteiger partial charge in [-0.15, -0.1) is 0 Å². The molecule has 2 nitrogen and oxygen atoms in total. The van der Waals surface area contributed by atoms with E-state index in [0.717, 1.165) is 6.04 Å². The number of unbranched alkanes of at least 4 members (excludes halogenated alkanes) is 1. The third-order valence-corrected chi connectivity index (χ3v) is 4.01. The van der Waals surface area contributed by atoms with Crippen molar-refractivity contribution in [3.05, 3.63) is 35.9 Å². The Morgan fingerprint density at radius 1 is 1.28 bits per heavy atom. The highest BCUT2D eigenvalue weighted by Crippen LogP contribution is 2.32. The van der Waals surface area contributed by atoms with Gasteiger partial charge >= 0.3 is 0 Å². The van der Waals surface area contributed by atoms with Gasteiger partial charge in [0.15, 0.2) is 0 Å². The lowest BCUT2D eigenvalue weighted by molar-refractivity contribution is 0.172. The summed E-state index contributed by atoms with van der Waals surface area (Å²) < 4.78 is 0. The van der Waals surface area contributed by atoms with E-state index in [4.69, 9.17) is 5.73 Å². The predicted molar refractivity (Wildman–Crippen MR) is 77.5 cm³/mol. The molecular weight excluding hydrogens is 220 g/mol. The van der Waals surface area contributed by atoms with Crippen molar-refractivity contribution in [1.29, 1.82) is 0 Å². The van der Waals surface area contributed by atoms with Crippen LogP contribution in [0.5, 0.6) is 0 Å². The fourth-order valence-electron chi connectivity index (χ4n) is 2.63. The van der Waals surface area contributed by atoms with E-state index < -0.39 is 0 Å². The highest BCUT2D eigenvalue weighted by Gasteiger charge is 2.34. The minimum atomic E-state index is 0.128. The molecule has 2 N–H and O–H groups in total. The van der Waals surface area contributed by atoms with E-state index in [0.29, 0.717) is 6.04 Å². The standard InChI is InChI=1S/C16H26N2/c1-3-4-12-18(15-10-11-15)13(2)16(17)14-8-6-5-7-9-14/h5-9,13,15-16H,3-4,10-12,17H2,1-2H3. The Balaban J connectivity index is 2.01. The summed E-state index contributed by atoms with van der Waals surface area (Å²) in [7, 11) is 0. The van der Waals surface area contributed by atoms with Gasteiger partial charge in [0.05, 0.1) is 0 Å². The Hall–Kier alpha value is -0.860. The summed E-state index contributed by atoms with van der Waals surface area (Å²) in [6, 6.07) is 11.9. The normalized spacial score (nSPS) is 18.9. The van der Waals surface area contributed by atoms with Crippen molar-refractivity contribution in [2.45, 2.75) is 57.7 Å². The van der Waals surface area contributed by atoms with Crippen molar-refractivity contribution in [3.8, 4) is 0 Å². The van der Waals surface area contributed by atoms with E-state index in [9.17, 15) is 0 Å². The molecule has 0 amide bonds. The maximum Gasteiger partial charge on any atom is 0.0450 e. The minimum absolute atomic E-state index is 0.128. The fraction of sp³-hybridized carbons (Fsp3) is 0.625. The lowest BCUT2D eigenvalue weighted by atomic mass is 10.00. The average molecular weight is 246 g/mol. The van der Waals surface area contributed by atoms with Crippen LogP contribution in [0.3, 0.4) is 0 Å². The number of rotatable bonds is 7. The van der Waals surface area contributed by atoms with Crippen LogP contribution < -0.4 is 5.73 Å². The summed E-state index contributed by atoms with van der Waals surface area (Å²) in [5.41, 5.74) is 7.69. The van der Waals surface area contributed by atoms with E-state index in [1.807, 2.05) is 0 Å². The summed E-state index contributed by atoms with van der Waals surface area (Å²) in [6.45, 7) is 5.74. The first-order valence-electron chi connectivity index (χ1n) is 7.30. The molecule has 1 aliphatic rings. The Kier molecular flexibility index (Phi) is 4.79. The molecule has 1 aromatic rings. The summed E-state index contributed by atoms with van der Waals surface area (Å²) >= 11 is 0. The summed E-state index contributed by atoms with van der Waals surface area (Å²) in [6.07, 6.45) is 5.25. The lowest BCUT2D eigenvalue weighted by Crippen LogP contribution is -2.42. The molecule has 1 aliphatic carbocycles.